The first-order chi connectivity index (χ1) is 8.51. The second kappa shape index (κ2) is 6.25. The van der Waals surface area contributed by atoms with Crippen molar-refractivity contribution in [2.75, 3.05) is 6.54 Å². The van der Waals surface area contributed by atoms with E-state index in [-0.39, 0.29) is 11.4 Å². The van der Waals surface area contributed by atoms with Gasteiger partial charge >= 0.3 is 0 Å². The normalized spacial score (nSPS) is 11.6. The molecule has 3 N–H and O–H groups in total. The highest BCUT2D eigenvalue weighted by Crippen LogP contribution is 2.18. The van der Waals surface area contributed by atoms with Gasteiger partial charge in [0.25, 0.3) is 5.91 Å². The minimum Gasteiger partial charge on any atom is -0.344 e. The van der Waals surface area contributed by atoms with Crippen molar-refractivity contribution in [1.82, 2.24) is 9.88 Å². The Labute approximate surface area is 113 Å². The zero-order valence-corrected chi connectivity index (χ0v) is 12.0. The zero-order chi connectivity index (χ0) is 13.8. The summed E-state index contributed by atoms with van der Waals surface area (Å²) in [7, 11) is 0. The van der Waals surface area contributed by atoms with Gasteiger partial charge in [-0.25, -0.2) is 0 Å². The third-order valence-corrected chi connectivity index (χ3v) is 3.77. The summed E-state index contributed by atoms with van der Waals surface area (Å²) in [6.07, 6.45) is 3.39. The van der Waals surface area contributed by atoms with Crippen LogP contribution in [0.1, 0.15) is 44.1 Å². The monoisotopic (exact) mass is 271 g/mol. The van der Waals surface area contributed by atoms with Gasteiger partial charge in [0.2, 0.25) is 0 Å². The summed E-state index contributed by atoms with van der Waals surface area (Å²) in [5.41, 5.74) is 6.04. The maximum Gasteiger partial charge on any atom is 0.268 e. The van der Waals surface area contributed by atoms with E-state index < -0.39 is 0 Å². The van der Waals surface area contributed by atoms with Crippen molar-refractivity contribution >= 4 is 17.5 Å². The molecule has 5 heteroatoms. The number of nitrogens with two attached hydrogens (primary N) is 1. The summed E-state index contributed by atoms with van der Waals surface area (Å²) in [6.45, 7) is 7.18. The van der Waals surface area contributed by atoms with Gasteiger partial charge in [0.15, 0.2) is 0 Å². The lowest BCUT2D eigenvalue weighted by Crippen LogP contribution is -2.53. The first-order valence-electron chi connectivity index (χ1n) is 6.40. The smallest absolute Gasteiger partial charge is 0.268 e. The lowest BCUT2D eigenvalue weighted by atomic mass is 9.93. The minimum absolute atomic E-state index is 0.113. The molecule has 0 spiro atoms. The molecule has 0 aromatic carbocycles. The molecule has 0 saturated heterocycles. The molecule has 0 radical (unpaired) electrons. The molecule has 0 unspecified atom stereocenters. The summed E-state index contributed by atoms with van der Waals surface area (Å²) in [5.74, 6) is -0.113. The summed E-state index contributed by atoms with van der Waals surface area (Å²) < 4.78 is 1.84. The number of amides is 1. The Bertz CT molecular complexity index is 402. The van der Waals surface area contributed by atoms with Crippen LogP contribution in [0.3, 0.4) is 0 Å². The number of hydrogen-bond acceptors (Lipinski definition) is 2. The number of nitrogens with zero attached hydrogens (tertiary/aromatic N) is 1. The molecule has 0 aliphatic carbocycles. The van der Waals surface area contributed by atoms with Crippen LogP contribution >= 0.6 is 11.6 Å². The third-order valence-electron chi connectivity index (χ3n) is 3.56. The van der Waals surface area contributed by atoms with Crippen LogP contribution in [-0.4, -0.2) is 22.6 Å². The van der Waals surface area contributed by atoms with Crippen LogP contribution in [-0.2, 0) is 6.54 Å². The molecule has 0 aliphatic heterocycles. The Kier molecular flexibility index (Phi) is 5.23. The Morgan fingerprint density at radius 1 is 1.44 bits per heavy atom. The van der Waals surface area contributed by atoms with Gasteiger partial charge in [-0.2, -0.15) is 0 Å². The van der Waals surface area contributed by atoms with Crippen molar-refractivity contribution in [1.29, 1.82) is 0 Å². The molecule has 1 aromatic heterocycles. The van der Waals surface area contributed by atoms with Gasteiger partial charge in [0, 0.05) is 19.3 Å². The SMILES string of the molecule is CCn1cc(Cl)cc1C(=O)NC(CC)(CC)CN. The van der Waals surface area contributed by atoms with E-state index >= 15 is 0 Å². The molecule has 0 fully saturated rings. The second-order valence-corrected chi connectivity index (χ2v) is 4.91. The maximum atomic E-state index is 12.3. The van der Waals surface area contributed by atoms with E-state index in [9.17, 15) is 4.79 Å². The van der Waals surface area contributed by atoms with Crippen molar-refractivity contribution in [2.24, 2.45) is 5.73 Å². The Hall–Kier alpha value is -1.00. The molecule has 1 amide bonds. The number of aromatic nitrogens is 1. The highest BCUT2D eigenvalue weighted by molar-refractivity contribution is 6.31. The predicted molar refractivity (Wildman–Crippen MR) is 74.9 cm³/mol. The van der Waals surface area contributed by atoms with Crippen LogP contribution in [0.5, 0.6) is 0 Å². The maximum absolute atomic E-state index is 12.3. The predicted octanol–water partition coefficient (Wildman–Crippen LogP) is 2.41. The molecule has 0 saturated carbocycles. The van der Waals surface area contributed by atoms with Crippen molar-refractivity contribution in [3.05, 3.63) is 23.0 Å². The van der Waals surface area contributed by atoms with E-state index in [2.05, 4.69) is 5.32 Å². The van der Waals surface area contributed by atoms with Crippen molar-refractivity contribution in [3.8, 4) is 0 Å². The molecule has 1 heterocycles. The highest BCUT2D eigenvalue weighted by Gasteiger charge is 2.27. The second-order valence-electron chi connectivity index (χ2n) is 4.48. The van der Waals surface area contributed by atoms with E-state index in [1.807, 2.05) is 25.3 Å². The Morgan fingerprint density at radius 2 is 2.06 bits per heavy atom. The van der Waals surface area contributed by atoms with E-state index in [0.29, 0.717) is 23.8 Å². The van der Waals surface area contributed by atoms with E-state index in [0.717, 1.165) is 12.8 Å². The number of rotatable bonds is 6. The molecule has 4 nitrogen and oxygen atoms in total. The molecule has 0 aliphatic rings. The fourth-order valence-corrected chi connectivity index (χ4v) is 2.22. The topological polar surface area (TPSA) is 60.0 Å². The van der Waals surface area contributed by atoms with Crippen LogP contribution in [0.15, 0.2) is 12.3 Å². The lowest BCUT2D eigenvalue weighted by Gasteiger charge is -2.31. The standard InChI is InChI=1S/C13H22ClN3O/c1-4-13(5-2,9-15)16-12(18)11-7-10(14)8-17(11)6-3/h7-8H,4-6,9,15H2,1-3H3,(H,16,18). The van der Waals surface area contributed by atoms with E-state index in [1.54, 1.807) is 12.3 Å². The first-order valence-corrected chi connectivity index (χ1v) is 6.78. The molecular formula is C13H22ClN3O. The summed E-state index contributed by atoms with van der Waals surface area (Å²) in [5, 5.41) is 3.62. The van der Waals surface area contributed by atoms with Gasteiger partial charge in [-0.15, -0.1) is 0 Å². The van der Waals surface area contributed by atoms with Gasteiger partial charge in [0.1, 0.15) is 5.69 Å². The number of carbonyl (C=O) groups excluding carboxylic acids is 1. The quantitative estimate of drug-likeness (QED) is 0.835. The van der Waals surface area contributed by atoms with Crippen LogP contribution in [0.25, 0.3) is 0 Å². The van der Waals surface area contributed by atoms with Crippen LogP contribution in [0.4, 0.5) is 0 Å². The number of aryl methyl sites for hydroxylation is 1. The van der Waals surface area contributed by atoms with Crippen LogP contribution < -0.4 is 11.1 Å². The third kappa shape index (κ3) is 3.06. The molecule has 0 atom stereocenters. The number of halogens is 1. The van der Waals surface area contributed by atoms with Crippen LogP contribution in [0, 0.1) is 0 Å². The van der Waals surface area contributed by atoms with Gasteiger partial charge in [0.05, 0.1) is 10.6 Å². The fraction of sp³-hybridized carbons (Fsp3) is 0.615. The van der Waals surface area contributed by atoms with Gasteiger partial charge in [-0.3, -0.25) is 4.79 Å². The number of hydrogen-bond donors (Lipinski definition) is 2. The minimum atomic E-state index is -0.327. The first kappa shape index (κ1) is 15.1. The van der Waals surface area contributed by atoms with Crippen molar-refractivity contribution in [2.45, 2.75) is 45.7 Å². The summed E-state index contributed by atoms with van der Waals surface area (Å²) >= 11 is 5.94. The number of carbonyl (C=O) groups is 1. The molecule has 1 aromatic rings. The van der Waals surface area contributed by atoms with E-state index in [1.165, 1.54) is 0 Å². The van der Waals surface area contributed by atoms with Crippen molar-refractivity contribution in [3.63, 3.8) is 0 Å². The molecular weight excluding hydrogens is 250 g/mol. The average molecular weight is 272 g/mol. The van der Waals surface area contributed by atoms with Gasteiger partial charge < -0.3 is 15.6 Å². The van der Waals surface area contributed by atoms with Gasteiger partial charge in [-0.05, 0) is 25.8 Å². The largest absolute Gasteiger partial charge is 0.344 e. The molecule has 1 rings (SSSR count). The Balaban J connectivity index is 2.93. The zero-order valence-electron chi connectivity index (χ0n) is 11.3. The molecule has 102 valence electrons. The summed E-state index contributed by atoms with van der Waals surface area (Å²) in [6, 6.07) is 1.69. The van der Waals surface area contributed by atoms with Gasteiger partial charge in [-0.1, -0.05) is 25.4 Å². The van der Waals surface area contributed by atoms with E-state index in [4.69, 9.17) is 17.3 Å². The lowest BCUT2D eigenvalue weighted by molar-refractivity contribution is 0.0886. The average Bonchev–Trinajstić information content (AvgIpc) is 2.77. The Morgan fingerprint density at radius 3 is 2.50 bits per heavy atom. The number of nitrogens with one attached hydrogen (secondary N) is 1. The highest BCUT2D eigenvalue weighted by atomic mass is 35.5. The molecule has 18 heavy (non-hydrogen) atoms. The molecule has 0 bridgehead atoms. The van der Waals surface area contributed by atoms with Crippen LogP contribution in [0.2, 0.25) is 5.02 Å². The van der Waals surface area contributed by atoms with Crippen molar-refractivity contribution < 1.29 is 4.79 Å². The summed E-state index contributed by atoms with van der Waals surface area (Å²) in [4.78, 5) is 12.3. The fourth-order valence-electron chi connectivity index (χ4n) is 2.00.